The molecule has 0 saturated heterocycles. The number of furan rings is 1. The molecule has 140 valence electrons. The summed E-state index contributed by atoms with van der Waals surface area (Å²) < 4.78 is 7.49. The lowest BCUT2D eigenvalue weighted by atomic mass is 10.1. The summed E-state index contributed by atoms with van der Waals surface area (Å²) in [7, 11) is 0. The molecule has 1 atom stereocenters. The Labute approximate surface area is 162 Å². The van der Waals surface area contributed by atoms with Crippen molar-refractivity contribution in [2.75, 3.05) is 6.54 Å². The first kappa shape index (κ1) is 19.0. The van der Waals surface area contributed by atoms with Crippen LogP contribution in [0.25, 0.3) is 11.4 Å². The number of aryl methyl sites for hydroxylation is 1. The Kier molecular flexibility index (Phi) is 6.13. The van der Waals surface area contributed by atoms with E-state index in [1.165, 1.54) is 11.8 Å². The minimum atomic E-state index is -0.310. The largest absolute Gasteiger partial charge is 0.467 e. The maximum Gasteiger partial charge on any atom is 0.233 e. The van der Waals surface area contributed by atoms with Crippen LogP contribution in [0, 0.1) is 6.92 Å². The van der Waals surface area contributed by atoms with E-state index in [9.17, 15) is 4.79 Å². The van der Waals surface area contributed by atoms with Gasteiger partial charge >= 0.3 is 0 Å². The van der Waals surface area contributed by atoms with Crippen LogP contribution in [0.15, 0.2) is 64.9 Å². The van der Waals surface area contributed by atoms with Crippen LogP contribution in [0.5, 0.6) is 0 Å². The highest BCUT2D eigenvalue weighted by Gasteiger charge is 2.21. The van der Waals surface area contributed by atoms with Gasteiger partial charge in [-0.25, -0.2) is 0 Å². The average molecular weight is 382 g/mol. The fraction of sp³-hybridized carbons (Fsp3) is 0.250. The van der Waals surface area contributed by atoms with E-state index >= 15 is 0 Å². The third-order valence-corrected chi connectivity index (χ3v) is 5.04. The van der Waals surface area contributed by atoms with Crippen LogP contribution in [0.3, 0.4) is 0 Å². The van der Waals surface area contributed by atoms with Crippen molar-refractivity contribution in [2.24, 2.45) is 0 Å². The van der Waals surface area contributed by atoms with E-state index in [0.717, 1.165) is 22.7 Å². The van der Waals surface area contributed by atoms with Crippen LogP contribution >= 0.6 is 11.8 Å². The zero-order valence-electron chi connectivity index (χ0n) is 15.4. The summed E-state index contributed by atoms with van der Waals surface area (Å²) in [5.74, 6) is 1.48. The number of carbonyl (C=O) groups excluding carboxylic acids is 1. The molecule has 3 rings (SSSR count). The van der Waals surface area contributed by atoms with Gasteiger partial charge in [-0.3, -0.25) is 9.36 Å². The second-order valence-electron chi connectivity index (χ2n) is 6.14. The van der Waals surface area contributed by atoms with Gasteiger partial charge < -0.3 is 9.73 Å². The van der Waals surface area contributed by atoms with Crippen LogP contribution in [0.2, 0.25) is 0 Å². The molecule has 0 bridgehead atoms. The minimum Gasteiger partial charge on any atom is -0.467 e. The van der Waals surface area contributed by atoms with Gasteiger partial charge in [0, 0.05) is 12.1 Å². The van der Waals surface area contributed by atoms with Gasteiger partial charge in [0.05, 0.1) is 18.1 Å². The summed E-state index contributed by atoms with van der Waals surface area (Å²) in [5.41, 5.74) is 2.12. The predicted octanol–water partition coefficient (Wildman–Crippen LogP) is 3.68. The molecule has 0 aliphatic carbocycles. The minimum absolute atomic E-state index is 0.0652. The number of benzene rings is 1. The third-order valence-electron chi connectivity index (χ3n) is 3.96. The number of amides is 1. The molecule has 2 heterocycles. The lowest BCUT2D eigenvalue weighted by Crippen LogP contribution is -2.31. The molecule has 0 radical (unpaired) electrons. The van der Waals surface area contributed by atoms with Gasteiger partial charge in [0.1, 0.15) is 5.76 Å². The molecule has 1 amide bonds. The highest BCUT2D eigenvalue weighted by Crippen LogP contribution is 2.28. The van der Waals surface area contributed by atoms with Crippen molar-refractivity contribution in [1.29, 1.82) is 0 Å². The van der Waals surface area contributed by atoms with Gasteiger partial charge in [0.2, 0.25) is 5.91 Å². The van der Waals surface area contributed by atoms with E-state index in [1.54, 1.807) is 12.3 Å². The van der Waals surface area contributed by atoms with E-state index in [-0.39, 0.29) is 11.2 Å². The number of aromatic nitrogens is 3. The standard InChI is InChI=1S/C20H22N4O2S/c1-4-10-21-19(25)15(3)27-20-23-22-18(16-8-5-7-14(2)12-16)24(20)13-17-9-6-11-26-17/h4-9,11-12,15H,1,10,13H2,2-3H3,(H,21,25). The van der Waals surface area contributed by atoms with E-state index in [2.05, 4.69) is 28.2 Å². The Hall–Kier alpha value is -2.80. The molecule has 1 N–H and O–H groups in total. The van der Waals surface area contributed by atoms with Crippen LogP contribution in [-0.4, -0.2) is 32.5 Å². The topological polar surface area (TPSA) is 73.0 Å². The van der Waals surface area contributed by atoms with Crippen molar-refractivity contribution in [3.8, 4) is 11.4 Å². The maximum absolute atomic E-state index is 12.2. The first-order valence-electron chi connectivity index (χ1n) is 8.66. The van der Waals surface area contributed by atoms with Gasteiger partial charge in [-0.05, 0) is 32.0 Å². The molecule has 3 aromatic rings. The highest BCUT2D eigenvalue weighted by molar-refractivity contribution is 8.00. The van der Waals surface area contributed by atoms with Crippen molar-refractivity contribution < 1.29 is 9.21 Å². The fourth-order valence-corrected chi connectivity index (χ4v) is 3.48. The Balaban J connectivity index is 1.91. The lowest BCUT2D eigenvalue weighted by Gasteiger charge is -2.13. The average Bonchev–Trinajstić information content (AvgIpc) is 3.30. The summed E-state index contributed by atoms with van der Waals surface area (Å²) in [4.78, 5) is 12.2. The SMILES string of the molecule is C=CCNC(=O)C(C)Sc1nnc(-c2cccc(C)c2)n1Cc1ccco1. The Morgan fingerprint density at radius 3 is 2.93 bits per heavy atom. The number of nitrogens with zero attached hydrogens (tertiary/aromatic N) is 3. The van der Waals surface area contributed by atoms with Crippen molar-refractivity contribution in [3.05, 3.63) is 66.6 Å². The van der Waals surface area contributed by atoms with Gasteiger partial charge in [-0.1, -0.05) is 41.6 Å². The monoisotopic (exact) mass is 382 g/mol. The van der Waals surface area contributed by atoms with Crippen LogP contribution in [0.1, 0.15) is 18.2 Å². The van der Waals surface area contributed by atoms with Gasteiger partial charge in [0.15, 0.2) is 11.0 Å². The zero-order chi connectivity index (χ0) is 19.2. The second kappa shape index (κ2) is 8.73. The Morgan fingerprint density at radius 1 is 1.37 bits per heavy atom. The van der Waals surface area contributed by atoms with E-state index in [4.69, 9.17) is 4.42 Å². The normalized spacial score (nSPS) is 11.9. The fourth-order valence-electron chi connectivity index (χ4n) is 2.60. The van der Waals surface area contributed by atoms with E-state index in [0.29, 0.717) is 18.2 Å². The quantitative estimate of drug-likeness (QED) is 0.475. The molecule has 0 spiro atoms. The molecule has 6 nitrogen and oxygen atoms in total. The third kappa shape index (κ3) is 4.68. The number of hydrogen-bond acceptors (Lipinski definition) is 5. The molecule has 0 aliphatic heterocycles. The van der Waals surface area contributed by atoms with Gasteiger partial charge in [-0.15, -0.1) is 16.8 Å². The smallest absolute Gasteiger partial charge is 0.233 e. The molecule has 0 fully saturated rings. The highest BCUT2D eigenvalue weighted by atomic mass is 32.2. The molecular weight excluding hydrogens is 360 g/mol. The second-order valence-corrected chi connectivity index (χ2v) is 7.44. The van der Waals surface area contributed by atoms with Crippen LogP contribution in [-0.2, 0) is 11.3 Å². The summed E-state index contributed by atoms with van der Waals surface area (Å²) in [6.07, 6.45) is 3.30. The van der Waals surface area contributed by atoms with E-state index < -0.39 is 0 Å². The Bertz CT molecular complexity index is 918. The number of nitrogens with one attached hydrogen (secondary N) is 1. The predicted molar refractivity (Wildman–Crippen MR) is 107 cm³/mol. The first-order chi connectivity index (χ1) is 13.1. The van der Waals surface area contributed by atoms with Crippen molar-refractivity contribution in [3.63, 3.8) is 0 Å². The van der Waals surface area contributed by atoms with Crippen LogP contribution < -0.4 is 5.32 Å². The van der Waals surface area contributed by atoms with Gasteiger partial charge in [0.25, 0.3) is 0 Å². The summed E-state index contributed by atoms with van der Waals surface area (Å²) in [6.45, 7) is 8.44. The molecule has 1 unspecified atom stereocenters. The first-order valence-corrected chi connectivity index (χ1v) is 9.54. The zero-order valence-corrected chi connectivity index (χ0v) is 16.2. The van der Waals surface area contributed by atoms with Gasteiger partial charge in [-0.2, -0.15) is 0 Å². The lowest BCUT2D eigenvalue weighted by molar-refractivity contribution is -0.120. The van der Waals surface area contributed by atoms with Crippen molar-refractivity contribution in [1.82, 2.24) is 20.1 Å². The van der Waals surface area contributed by atoms with E-state index in [1.807, 2.05) is 48.7 Å². The summed E-state index contributed by atoms with van der Waals surface area (Å²) >= 11 is 1.37. The van der Waals surface area contributed by atoms with Crippen molar-refractivity contribution in [2.45, 2.75) is 30.8 Å². The maximum atomic E-state index is 12.2. The van der Waals surface area contributed by atoms with Crippen molar-refractivity contribution >= 4 is 17.7 Å². The Morgan fingerprint density at radius 2 is 2.22 bits per heavy atom. The molecule has 0 saturated carbocycles. The van der Waals surface area contributed by atoms with Crippen LogP contribution in [0.4, 0.5) is 0 Å². The summed E-state index contributed by atoms with van der Waals surface area (Å²) in [6, 6.07) is 11.9. The number of hydrogen-bond donors (Lipinski definition) is 1. The molecule has 27 heavy (non-hydrogen) atoms. The molecule has 2 aromatic heterocycles. The molecule has 7 heteroatoms. The molecular formula is C20H22N4O2S. The number of thioether (sulfide) groups is 1. The molecule has 1 aromatic carbocycles. The number of carbonyl (C=O) groups is 1. The molecule has 0 aliphatic rings. The summed E-state index contributed by atoms with van der Waals surface area (Å²) in [5, 5.41) is 11.9. The number of rotatable bonds is 8.